The van der Waals surface area contributed by atoms with E-state index in [1.54, 1.807) is 0 Å². The molecule has 0 aliphatic rings. The quantitative estimate of drug-likeness (QED) is 0.397. The van der Waals surface area contributed by atoms with Gasteiger partial charge >= 0.3 is 0 Å². The van der Waals surface area contributed by atoms with Gasteiger partial charge in [0.25, 0.3) is 0 Å². The maximum absolute atomic E-state index is 11.3. The molecule has 23 heavy (non-hydrogen) atoms. The molecule has 0 aromatic rings. The van der Waals surface area contributed by atoms with Crippen molar-refractivity contribution in [2.24, 2.45) is 5.92 Å². The molecule has 7 heteroatoms. The lowest BCUT2D eigenvalue weighted by atomic mass is 10.2. The normalized spacial score (nSPS) is 11.1. The predicted octanol–water partition coefficient (Wildman–Crippen LogP) is 0.862. The van der Waals surface area contributed by atoms with E-state index in [1.807, 2.05) is 20.8 Å². The second-order valence-corrected chi connectivity index (χ2v) is 5.28. The molecule has 138 valence electrons. The fourth-order valence-corrected chi connectivity index (χ4v) is 1.46. The van der Waals surface area contributed by atoms with Crippen molar-refractivity contribution in [1.82, 2.24) is 5.32 Å². The average Bonchev–Trinajstić information content (AvgIpc) is 2.53. The van der Waals surface area contributed by atoms with Gasteiger partial charge in [-0.1, -0.05) is 13.8 Å². The van der Waals surface area contributed by atoms with Crippen LogP contribution in [0.4, 0.5) is 0 Å². The Labute approximate surface area is 139 Å². The summed E-state index contributed by atoms with van der Waals surface area (Å²) in [6.45, 7) is 11.7. The highest BCUT2D eigenvalue weighted by Crippen LogP contribution is 1.87. The molecule has 0 fully saturated rings. The number of nitrogens with one attached hydrogen (secondary N) is 1. The van der Waals surface area contributed by atoms with Gasteiger partial charge < -0.3 is 29.0 Å². The average molecular weight is 335 g/mol. The number of carbonyl (C=O) groups excluding carboxylic acids is 1. The van der Waals surface area contributed by atoms with Crippen LogP contribution >= 0.6 is 0 Å². The number of hydrogen-bond donors (Lipinski definition) is 1. The fraction of sp³-hybridized carbons (Fsp3) is 0.938. The Morgan fingerprint density at radius 3 is 1.65 bits per heavy atom. The highest BCUT2D eigenvalue weighted by atomic mass is 16.6. The van der Waals surface area contributed by atoms with Gasteiger partial charge in [0.05, 0.1) is 52.9 Å². The molecule has 0 saturated carbocycles. The Hall–Kier alpha value is -0.730. The number of ether oxygens (including phenoxy) is 5. The first-order chi connectivity index (χ1) is 11.2. The van der Waals surface area contributed by atoms with Crippen molar-refractivity contribution in [2.45, 2.75) is 20.8 Å². The molecule has 0 aromatic heterocycles. The molecule has 7 nitrogen and oxygen atoms in total. The third-order valence-corrected chi connectivity index (χ3v) is 2.63. The first-order valence-electron chi connectivity index (χ1n) is 8.32. The van der Waals surface area contributed by atoms with Gasteiger partial charge in [0.15, 0.2) is 0 Å². The van der Waals surface area contributed by atoms with E-state index >= 15 is 0 Å². The molecule has 0 spiro atoms. The van der Waals surface area contributed by atoms with Crippen LogP contribution < -0.4 is 5.32 Å². The zero-order chi connectivity index (χ0) is 17.2. The van der Waals surface area contributed by atoms with Crippen molar-refractivity contribution in [3.8, 4) is 0 Å². The van der Waals surface area contributed by atoms with E-state index in [4.69, 9.17) is 23.7 Å². The summed E-state index contributed by atoms with van der Waals surface area (Å²) in [6, 6.07) is 0. The lowest BCUT2D eigenvalue weighted by Crippen LogP contribution is -2.31. The number of rotatable bonds is 17. The molecule has 0 aliphatic heterocycles. The summed E-state index contributed by atoms with van der Waals surface area (Å²) < 4.78 is 26.3. The molecule has 0 aliphatic carbocycles. The summed E-state index contributed by atoms with van der Waals surface area (Å²) in [5.41, 5.74) is 0. The van der Waals surface area contributed by atoms with Crippen LogP contribution in [0.15, 0.2) is 0 Å². The van der Waals surface area contributed by atoms with Gasteiger partial charge in [-0.2, -0.15) is 0 Å². The van der Waals surface area contributed by atoms with Crippen molar-refractivity contribution >= 4 is 5.91 Å². The van der Waals surface area contributed by atoms with Crippen LogP contribution in [-0.4, -0.2) is 78.5 Å². The molecule has 0 radical (unpaired) electrons. The Morgan fingerprint density at radius 2 is 1.22 bits per heavy atom. The van der Waals surface area contributed by atoms with Crippen molar-refractivity contribution < 1.29 is 28.5 Å². The fourth-order valence-electron chi connectivity index (χ4n) is 1.46. The Bertz CT molecular complexity index is 263. The molecular weight excluding hydrogens is 302 g/mol. The molecule has 0 saturated heterocycles. The van der Waals surface area contributed by atoms with Gasteiger partial charge in [-0.3, -0.25) is 4.79 Å². The van der Waals surface area contributed by atoms with Crippen LogP contribution in [0.2, 0.25) is 0 Å². The van der Waals surface area contributed by atoms with E-state index in [0.29, 0.717) is 71.9 Å². The van der Waals surface area contributed by atoms with E-state index in [9.17, 15) is 4.79 Å². The zero-order valence-corrected chi connectivity index (χ0v) is 14.8. The maximum Gasteiger partial charge on any atom is 0.246 e. The minimum absolute atomic E-state index is 0.0751. The first-order valence-corrected chi connectivity index (χ1v) is 8.32. The van der Waals surface area contributed by atoms with Gasteiger partial charge in [0.1, 0.15) is 6.61 Å². The third-order valence-electron chi connectivity index (χ3n) is 2.63. The van der Waals surface area contributed by atoms with Crippen molar-refractivity contribution in [2.75, 3.05) is 72.6 Å². The molecule has 1 amide bonds. The number of carbonyl (C=O) groups is 1. The summed E-state index contributed by atoms with van der Waals surface area (Å²) >= 11 is 0. The van der Waals surface area contributed by atoms with Gasteiger partial charge in [0, 0.05) is 13.2 Å². The van der Waals surface area contributed by atoms with Crippen LogP contribution in [0.5, 0.6) is 0 Å². The summed E-state index contributed by atoms with van der Waals surface area (Å²) in [7, 11) is 0. The van der Waals surface area contributed by atoms with Gasteiger partial charge in [-0.15, -0.1) is 0 Å². The maximum atomic E-state index is 11.3. The highest BCUT2D eigenvalue weighted by Gasteiger charge is 2.01. The van der Waals surface area contributed by atoms with E-state index in [1.165, 1.54) is 0 Å². The monoisotopic (exact) mass is 335 g/mol. The van der Waals surface area contributed by atoms with Crippen molar-refractivity contribution in [3.05, 3.63) is 0 Å². The van der Waals surface area contributed by atoms with Crippen LogP contribution in [0.1, 0.15) is 20.8 Å². The van der Waals surface area contributed by atoms with E-state index in [0.717, 1.165) is 0 Å². The summed E-state index contributed by atoms with van der Waals surface area (Å²) in [6.07, 6.45) is 0. The standard InChI is InChI=1S/C16H33NO6/c1-4-19-5-6-20-7-8-21-9-10-22-11-12-23-14-16(18)17-13-15(2)3/h15H,4-14H2,1-3H3,(H,17,18). The van der Waals surface area contributed by atoms with Crippen molar-refractivity contribution in [3.63, 3.8) is 0 Å². The molecule has 0 atom stereocenters. The van der Waals surface area contributed by atoms with E-state index in [2.05, 4.69) is 5.32 Å². The first kappa shape index (κ1) is 22.3. The Morgan fingerprint density at radius 1 is 0.783 bits per heavy atom. The smallest absolute Gasteiger partial charge is 0.246 e. The highest BCUT2D eigenvalue weighted by molar-refractivity contribution is 5.77. The second-order valence-electron chi connectivity index (χ2n) is 5.28. The Kier molecular flexibility index (Phi) is 17.1. The molecule has 0 bridgehead atoms. The van der Waals surface area contributed by atoms with Gasteiger partial charge in [0.2, 0.25) is 5.91 Å². The van der Waals surface area contributed by atoms with Crippen LogP contribution in [0.3, 0.4) is 0 Å². The summed E-state index contributed by atoms with van der Waals surface area (Å²) in [4.78, 5) is 11.3. The van der Waals surface area contributed by atoms with Gasteiger partial charge in [-0.05, 0) is 12.8 Å². The van der Waals surface area contributed by atoms with E-state index < -0.39 is 0 Å². The van der Waals surface area contributed by atoms with E-state index in [-0.39, 0.29) is 12.5 Å². The van der Waals surface area contributed by atoms with Crippen LogP contribution in [0, 0.1) is 5.92 Å². The minimum atomic E-state index is -0.0913. The molecular formula is C16H33NO6. The third kappa shape index (κ3) is 19.2. The molecule has 0 rings (SSSR count). The van der Waals surface area contributed by atoms with Crippen LogP contribution in [-0.2, 0) is 28.5 Å². The number of hydrogen-bond acceptors (Lipinski definition) is 6. The molecule has 0 heterocycles. The van der Waals surface area contributed by atoms with Gasteiger partial charge in [-0.25, -0.2) is 0 Å². The predicted molar refractivity (Wildman–Crippen MR) is 87.6 cm³/mol. The second kappa shape index (κ2) is 17.6. The molecule has 1 N–H and O–H groups in total. The SMILES string of the molecule is CCOCCOCCOCCOCCOCC(=O)NCC(C)C. The minimum Gasteiger partial charge on any atom is -0.379 e. The largest absolute Gasteiger partial charge is 0.379 e. The Balaban J connectivity index is 3.09. The molecule has 0 aromatic carbocycles. The number of amides is 1. The molecule has 0 unspecified atom stereocenters. The van der Waals surface area contributed by atoms with Crippen molar-refractivity contribution in [1.29, 1.82) is 0 Å². The summed E-state index contributed by atoms with van der Waals surface area (Å²) in [5.74, 6) is 0.351. The summed E-state index contributed by atoms with van der Waals surface area (Å²) in [5, 5.41) is 2.78. The lowest BCUT2D eigenvalue weighted by Gasteiger charge is -2.09. The topological polar surface area (TPSA) is 75.2 Å². The van der Waals surface area contributed by atoms with Crippen LogP contribution in [0.25, 0.3) is 0 Å². The lowest BCUT2D eigenvalue weighted by molar-refractivity contribution is -0.126. The zero-order valence-electron chi connectivity index (χ0n) is 14.8.